The van der Waals surface area contributed by atoms with E-state index in [4.69, 9.17) is 0 Å². The molecule has 21 heavy (non-hydrogen) atoms. The Bertz CT molecular complexity index is 448. The molecule has 3 aliphatic rings. The van der Waals surface area contributed by atoms with Crippen LogP contribution in [0.25, 0.3) is 0 Å². The van der Waals surface area contributed by atoms with Crippen LogP contribution in [0.2, 0.25) is 0 Å². The van der Waals surface area contributed by atoms with Crippen LogP contribution >= 0.6 is 0 Å². The number of piperidine rings is 3. The van der Waals surface area contributed by atoms with Gasteiger partial charge in [-0.25, -0.2) is 0 Å². The first-order chi connectivity index (χ1) is 10.3. The molecule has 0 spiro atoms. The van der Waals surface area contributed by atoms with Gasteiger partial charge in [0.25, 0.3) is 0 Å². The summed E-state index contributed by atoms with van der Waals surface area (Å²) >= 11 is 0. The molecule has 1 atom stereocenters. The third-order valence-electron chi connectivity index (χ3n) is 5.24. The topological polar surface area (TPSA) is 18.5 Å². The normalized spacial score (nSPS) is 28.0. The van der Waals surface area contributed by atoms with Crippen LogP contribution in [0.5, 0.6) is 0 Å². The molecule has 4 rings (SSSR count). The Hall–Kier alpha value is -1.06. The van der Waals surface area contributed by atoms with E-state index in [-0.39, 0.29) is 0 Å². The van der Waals surface area contributed by atoms with Crippen molar-refractivity contribution in [3.8, 4) is 0 Å². The summed E-state index contributed by atoms with van der Waals surface area (Å²) in [5.74, 6) is 0.876. The van der Waals surface area contributed by atoms with E-state index in [0.29, 0.717) is 6.04 Å². The van der Waals surface area contributed by atoms with Crippen molar-refractivity contribution in [2.24, 2.45) is 5.92 Å². The van der Waals surface area contributed by atoms with Gasteiger partial charge in [-0.1, -0.05) is 26.0 Å². The molecule has 3 heteroatoms. The van der Waals surface area contributed by atoms with Crippen LogP contribution in [0.15, 0.2) is 24.3 Å². The number of benzene rings is 1. The monoisotopic (exact) mass is 287 g/mol. The van der Waals surface area contributed by atoms with Gasteiger partial charge in [0, 0.05) is 24.8 Å². The van der Waals surface area contributed by atoms with Gasteiger partial charge in [-0.2, -0.15) is 0 Å². The fourth-order valence-electron chi connectivity index (χ4n) is 3.81. The number of hydrogen-bond acceptors (Lipinski definition) is 3. The Morgan fingerprint density at radius 1 is 1.19 bits per heavy atom. The van der Waals surface area contributed by atoms with Crippen LogP contribution in [0.3, 0.4) is 0 Å². The fraction of sp³-hybridized carbons (Fsp3) is 0.667. The first-order valence-electron chi connectivity index (χ1n) is 8.58. The molecular weight excluding hydrogens is 258 g/mol. The molecule has 0 amide bonds. The molecule has 3 saturated heterocycles. The lowest BCUT2D eigenvalue weighted by Gasteiger charge is -2.45. The predicted molar refractivity (Wildman–Crippen MR) is 89.6 cm³/mol. The number of nitrogens with one attached hydrogen (secondary N) is 1. The lowest BCUT2D eigenvalue weighted by atomic mass is 9.84. The Morgan fingerprint density at radius 3 is 2.57 bits per heavy atom. The highest BCUT2D eigenvalue weighted by Gasteiger charge is 2.33. The summed E-state index contributed by atoms with van der Waals surface area (Å²) in [5.41, 5.74) is 2.73. The largest absolute Gasteiger partial charge is 0.381 e. The zero-order valence-corrected chi connectivity index (χ0v) is 13.5. The van der Waals surface area contributed by atoms with E-state index in [2.05, 4.69) is 53.2 Å². The van der Waals surface area contributed by atoms with Crippen LogP contribution in [-0.2, 0) is 6.54 Å². The molecule has 116 valence electrons. The van der Waals surface area contributed by atoms with Crippen molar-refractivity contribution in [3.63, 3.8) is 0 Å². The summed E-state index contributed by atoms with van der Waals surface area (Å²) in [6, 6.07) is 9.66. The minimum atomic E-state index is 0.649. The summed E-state index contributed by atoms with van der Waals surface area (Å²) in [5, 5.41) is 3.80. The number of rotatable bonds is 6. The Balaban J connectivity index is 1.63. The third-order valence-corrected chi connectivity index (χ3v) is 5.24. The molecule has 0 radical (unpaired) electrons. The summed E-state index contributed by atoms with van der Waals surface area (Å²) < 4.78 is 0. The molecule has 0 aliphatic carbocycles. The van der Waals surface area contributed by atoms with E-state index < -0.39 is 0 Å². The van der Waals surface area contributed by atoms with Gasteiger partial charge in [-0.15, -0.1) is 0 Å². The predicted octanol–water partition coefficient (Wildman–Crippen LogP) is 3.03. The van der Waals surface area contributed by atoms with Gasteiger partial charge in [0.2, 0.25) is 0 Å². The molecule has 3 aliphatic heterocycles. The van der Waals surface area contributed by atoms with E-state index in [9.17, 15) is 0 Å². The smallest absolute Gasteiger partial charge is 0.0417 e. The van der Waals surface area contributed by atoms with Crippen molar-refractivity contribution in [2.45, 2.75) is 39.3 Å². The van der Waals surface area contributed by atoms with Crippen molar-refractivity contribution in [3.05, 3.63) is 29.8 Å². The number of nitrogens with zero attached hydrogens (tertiary/aromatic N) is 2. The first kappa shape index (κ1) is 14.9. The van der Waals surface area contributed by atoms with Gasteiger partial charge in [0.1, 0.15) is 0 Å². The van der Waals surface area contributed by atoms with Crippen LogP contribution < -0.4 is 5.32 Å². The zero-order chi connectivity index (χ0) is 14.7. The molecule has 1 unspecified atom stereocenters. The second kappa shape index (κ2) is 6.80. The van der Waals surface area contributed by atoms with Crippen LogP contribution in [0, 0.1) is 5.92 Å². The zero-order valence-electron chi connectivity index (χ0n) is 13.5. The second-order valence-electron chi connectivity index (χ2n) is 6.55. The number of fused-ring (bicyclic) bond motifs is 3. The van der Waals surface area contributed by atoms with Gasteiger partial charge < -0.3 is 10.2 Å². The maximum atomic E-state index is 3.80. The molecule has 0 saturated carbocycles. The molecule has 1 aromatic rings. The highest BCUT2D eigenvalue weighted by atomic mass is 15.2. The lowest BCUT2D eigenvalue weighted by Crippen LogP contribution is -2.53. The van der Waals surface area contributed by atoms with Gasteiger partial charge in [-0.3, -0.25) is 4.90 Å². The average Bonchev–Trinajstić information content (AvgIpc) is 2.54. The highest BCUT2D eigenvalue weighted by molar-refractivity contribution is 5.47. The maximum Gasteiger partial charge on any atom is 0.0417 e. The summed E-state index contributed by atoms with van der Waals surface area (Å²) in [6.07, 6.45) is 2.74. The van der Waals surface area contributed by atoms with Crippen LogP contribution in [0.4, 0.5) is 5.69 Å². The molecule has 3 nitrogen and oxygen atoms in total. The van der Waals surface area contributed by atoms with Crippen molar-refractivity contribution in [1.29, 1.82) is 0 Å². The first-order valence-corrected chi connectivity index (χ1v) is 8.58. The fourth-order valence-corrected chi connectivity index (χ4v) is 3.81. The van der Waals surface area contributed by atoms with Crippen LogP contribution in [0.1, 0.15) is 32.3 Å². The molecule has 3 fully saturated rings. The molecule has 1 aromatic carbocycles. The number of anilines is 1. The maximum absolute atomic E-state index is 3.80. The van der Waals surface area contributed by atoms with Crippen molar-refractivity contribution < 1.29 is 0 Å². The van der Waals surface area contributed by atoms with E-state index in [1.165, 1.54) is 43.7 Å². The second-order valence-corrected chi connectivity index (χ2v) is 6.55. The standard InChI is InChI=1S/C18H29N3/c1-3-20(4-2)13-15-6-5-7-17(12-15)19-18-14-21-10-8-16(18)9-11-21/h5-7,12,16,18-19H,3-4,8-11,13-14H2,1-2H3. The van der Waals surface area contributed by atoms with Gasteiger partial charge in [0.15, 0.2) is 0 Å². The SMILES string of the molecule is CCN(CC)Cc1cccc(NC2CN3CCC2CC3)c1. The van der Waals surface area contributed by atoms with Crippen molar-refractivity contribution >= 4 is 5.69 Å². The van der Waals surface area contributed by atoms with Gasteiger partial charge in [-0.05, 0) is 62.6 Å². The third kappa shape index (κ3) is 3.58. The van der Waals surface area contributed by atoms with E-state index >= 15 is 0 Å². The number of hydrogen-bond donors (Lipinski definition) is 1. The van der Waals surface area contributed by atoms with Gasteiger partial charge >= 0.3 is 0 Å². The average molecular weight is 287 g/mol. The molecule has 2 bridgehead atoms. The molecule has 1 N–H and O–H groups in total. The van der Waals surface area contributed by atoms with Crippen molar-refractivity contribution in [2.75, 3.05) is 38.0 Å². The molecule has 3 heterocycles. The summed E-state index contributed by atoms with van der Waals surface area (Å²) in [4.78, 5) is 5.07. The van der Waals surface area contributed by atoms with E-state index in [1.807, 2.05) is 0 Å². The Labute approximate surface area is 129 Å². The van der Waals surface area contributed by atoms with Crippen LogP contribution in [-0.4, -0.2) is 48.6 Å². The molecule has 0 aromatic heterocycles. The minimum absolute atomic E-state index is 0.649. The summed E-state index contributed by atoms with van der Waals surface area (Å²) in [7, 11) is 0. The van der Waals surface area contributed by atoms with E-state index in [1.54, 1.807) is 0 Å². The lowest BCUT2D eigenvalue weighted by molar-refractivity contribution is 0.0975. The Kier molecular flexibility index (Phi) is 4.81. The Morgan fingerprint density at radius 2 is 1.95 bits per heavy atom. The minimum Gasteiger partial charge on any atom is -0.381 e. The van der Waals surface area contributed by atoms with E-state index in [0.717, 1.165) is 25.6 Å². The van der Waals surface area contributed by atoms with Crippen molar-refractivity contribution in [1.82, 2.24) is 9.80 Å². The van der Waals surface area contributed by atoms with Gasteiger partial charge in [0.05, 0.1) is 0 Å². The summed E-state index contributed by atoms with van der Waals surface area (Å²) in [6.45, 7) is 11.6. The quantitative estimate of drug-likeness (QED) is 0.867. The molecular formula is C18H29N3. The highest BCUT2D eigenvalue weighted by Crippen LogP contribution is 2.29.